The molecule has 0 saturated heterocycles. The molecule has 0 aliphatic heterocycles. The van der Waals surface area contributed by atoms with Gasteiger partial charge >= 0.3 is 0 Å². The minimum atomic E-state index is -0.195. The molecule has 4 aromatic rings. The van der Waals surface area contributed by atoms with Gasteiger partial charge in [-0.3, -0.25) is 4.79 Å². The summed E-state index contributed by atoms with van der Waals surface area (Å²) in [6.45, 7) is 8.10. The minimum absolute atomic E-state index is 0.195. The quantitative estimate of drug-likeness (QED) is 0.155. The van der Waals surface area contributed by atoms with Gasteiger partial charge in [0.05, 0.1) is 7.11 Å². The molecule has 0 aromatic heterocycles. The molecule has 0 spiro atoms. The molecule has 0 fully saturated rings. The van der Waals surface area contributed by atoms with Crippen LogP contribution in [0.4, 0.5) is 0 Å². The maximum absolute atomic E-state index is 13.8. The Morgan fingerprint density at radius 1 is 0.675 bits per heavy atom. The molecule has 40 heavy (non-hydrogen) atoms. The van der Waals surface area contributed by atoms with Crippen LogP contribution in [0.5, 0.6) is 23.0 Å². The van der Waals surface area contributed by atoms with Gasteiger partial charge in [-0.25, -0.2) is 0 Å². The number of ether oxygens (including phenoxy) is 4. The zero-order valence-electron chi connectivity index (χ0n) is 23.5. The van der Waals surface area contributed by atoms with Crippen LogP contribution in [-0.2, 0) is 13.2 Å². The Balaban J connectivity index is 1.56. The molecule has 6 nitrogen and oxygen atoms in total. The molecule has 0 aliphatic rings. The minimum Gasteiger partial charge on any atom is -0.496 e. The maximum atomic E-state index is 13.8. The Morgan fingerprint density at radius 2 is 1.23 bits per heavy atom. The fourth-order valence-electron chi connectivity index (χ4n) is 4.30. The summed E-state index contributed by atoms with van der Waals surface area (Å²) in [5, 5.41) is 0. The Labute approximate surface area is 237 Å². The van der Waals surface area contributed by atoms with E-state index in [9.17, 15) is 4.79 Å². The lowest BCUT2D eigenvalue weighted by atomic mass is 10.0. The van der Waals surface area contributed by atoms with Crippen molar-refractivity contribution < 1.29 is 23.7 Å². The third-order valence-electron chi connectivity index (χ3n) is 6.66. The predicted molar refractivity (Wildman–Crippen MR) is 158 cm³/mol. The molecule has 0 radical (unpaired) electrons. The van der Waals surface area contributed by atoms with Gasteiger partial charge in [-0.2, -0.15) is 0 Å². The van der Waals surface area contributed by atoms with Gasteiger partial charge in [0.15, 0.2) is 0 Å². The standard InChI is InChI=1S/C34H37NO5/c1-4-35(5-2)20-21-38-32-23-30(40-25-27-14-10-7-11-15-27)22-31(37-3)33(32)34(36)28-16-18-29(19-17-28)39-24-26-12-8-6-9-13-26/h6-19,22-23H,4-5,20-21,24-25H2,1-3H3. The van der Waals surface area contributed by atoms with Crippen LogP contribution in [0.25, 0.3) is 0 Å². The number of methoxy groups -OCH3 is 1. The van der Waals surface area contributed by atoms with Crippen molar-refractivity contribution in [2.24, 2.45) is 0 Å². The summed E-state index contributed by atoms with van der Waals surface area (Å²) >= 11 is 0. The van der Waals surface area contributed by atoms with E-state index in [0.29, 0.717) is 53.9 Å². The van der Waals surface area contributed by atoms with Gasteiger partial charge in [0, 0.05) is 24.2 Å². The Kier molecular flexibility index (Phi) is 10.6. The van der Waals surface area contributed by atoms with Gasteiger partial charge in [-0.15, -0.1) is 0 Å². The van der Waals surface area contributed by atoms with Crippen LogP contribution in [0.2, 0.25) is 0 Å². The van der Waals surface area contributed by atoms with Gasteiger partial charge in [-0.05, 0) is 48.5 Å². The number of benzene rings is 4. The third-order valence-corrected chi connectivity index (χ3v) is 6.66. The first-order chi connectivity index (χ1) is 19.6. The first-order valence-electron chi connectivity index (χ1n) is 13.7. The van der Waals surface area contributed by atoms with Crippen molar-refractivity contribution in [1.82, 2.24) is 4.90 Å². The molecule has 0 bridgehead atoms. The van der Waals surface area contributed by atoms with Crippen LogP contribution in [0.15, 0.2) is 97.1 Å². The summed E-state index contributed by atoms with van der Waals surface area (Å²) in [6.07, 6.45) is 0. The number of hydrogen-bond acceptors (Lipinski definition) is 6. The zero-order valence-corrected chi connectivity index (χ0v) is 23.5. The van der Waals surface area contributed by atoms with E-state index in [0.717, 1.165) is 30.8 Å². The average Bonchev–Trinajstić information content (AvgIpc) is 3.01. The van der Waals surface area contributed by atoms with Gasteiger partial charge in [0.2, 0.25) is 5.78 Å². The maximum Gasteiger partial charge on any atom is 0.200 e. The Bertz CT molecular complexity index is 1340. The lowest BCUT2D eigenvalue weighted by molar-refractivity contribution is 0.103. The van der Waals surface area contributed by atoms with Crippen LogP contribution in [0, 0.1) is 0 Å². The number of hydrogen-bond donors (Lipinski definition) is 0. The third kappa shape index (κ3) is 7.87. The van der Waals surface area contributed by atoms with Gasteiger partial charge in [0.1, 0.15) is 48.4 Å². The summed E-state index contributed by atoms with van der Waals surface area (Å²) in [4.78, 5) is 16.1. The first kappa shape index (κ1) is 28.7. The fourth-order valence-corrected chi connectivity index (χ4v) is 4.30. The van der Waals surface area contributed by atoms with E-state index < -0.39 is 0 Å². The van der Waals surface area contributed by atoms with Crippen LogP contribution >= 0.6 is 0 Å². The van der Waals surface area contributed by atoms with E-state index in [4.69, 9.17) is 18.9 Å². The van der Waals surface area contributed by atoms with Crippen molar-refractivity contribution in [3.8, 4) is 23.0 Å². The second-order valence-electron chi connectivity index (χ2n) is 9.28. The normalized spacial score (nSPS) is 10.8. The van der Waals surface area contributed by atoms with Crippen LogP contribution < -0.4 is 18.9 Å². The van der Waals surface area contributed by atoms with Crippen LogP contribution in [0.1, 0.15) is 40.9 Å². The van der Waals surface area contributed by atoms with Crippen molar-refractivity contribution in [1.29, 1.82) is 0 Å². The summed E-state index contributed by atoms with van der Waals surface area (Å²) in [5.74, 6) is 1.90. The highest BCUT2D eigenvalue weighted by atomic mass is 16.5. The summed E-state index contributed by atoms with van der Waals surface area (Å²) < 4.78 is 23.9. The molecule has 6 heteroatoms. The monoisotopic (exact) mass is 539 g/mol. The van der Waals surface area contributed by atoms with Crippen molar-refractivity contribution >= 4 is 5.78 Å². The van der Waals surface area contributed by atoms with Crippen molar-refractivity contribution in [2.75, 3.05) is 33.4 Å². The zero-order chi connectivity index (χ0) is 28.2. The highest BCUT2D eigenvalue weighted by Gasteiger charge is 2.23. The Hall–Kier alpha value is -4.29. The van der Waals surface area contributed by atoms with E-state index in [1.807, 2.05) is 60.7 Å². The Morgan fingerprint density at radius 3 is 1.77 bits per heavy atom. The van der Waals surface area contributed by atoms with Gasteiger partial charge in [-0.1, -0.05) is 74.5 Å². The number of carbonyl (C=O) groups excluding carboxylic acids is 1. The summed E-state index contributed by atoms with van der Waals surface area (Å²) in [7, 11) is 1.55. The lowest BCUT2D eigenvalue weighted by Crippen LogP contribution is -2.28. The molecular formula is C34H37NO5. The number of likely N-dealkylation sites (N-methyl/N-ethyl adjacent to an activating group) is 1. The summed E-state index contributed by atoms with van der Waals surface area (Å²) in [6, 6.07) is 30.5. The average molecular weight is 540 g/mol. The number of rotatable bonds is 15. The van der Waals surface area contributed by atoms with E-state index in [-0.39, 0.29) is 5.78 Å². The van der Waals surface area contributed by atoms with E-state index in [1.54, 1.807) is 43.5 Å². The molecule has 208 valence electrons. The van der Waals surface area contributed by atoms with Crippen molar-refractivity contribution in [2.45, 2.75) is 27.1 Å². The molecule has 0 unspecified atom stereocenters. The number of carbonyl (C=O) groups is 1. The molecule has 0 saturated carbocycles. The molecule has 0 N–H and O–H groups in total. The molecule has 0 atom stereocenters. The highest BCUT2D eigenvalue weighted by molar-refractivity contribution is 6.12. The topological polar surface area (TPSA) is 57.2 Å². The second-order valence-corrected chi connectivity index (χ2v) is 9.28. The van der Waals surface area contributed by atoms with Gasteiger partial charge < -0.3 is 23.8 Å². The lowest BCUT2D eigenvalue weighted by Gasteiger charge is -2.20. The molecule has 0 heterocycles. The van der Waals surface area contributed by atoms with E-state index in [2.05, 4.69) is 18.7 Å². The van der Waals surface area contributed by atoms with E-state index >= 15 is 0 Å². The van der Waals surface area contributed by atoms with Crippen LogP contribution in [-0.4, -0.2) is 44.0 Å². The second kappa shape index (κ2) is 14.8. The first-order valence-corrected chi connectivity index (χ1v) is 13.7. The SMILES string of the molecule is CCN(CC)CCOc1cc(OCc2ccccc2)cc(OC)c1C(=O)c1ccc(OCc2ccccc2)cc1. The largest absolute Gasteiger partial charge is 0.496 e. The van der Waals surface area contributed by atoms with Crippen LogP contribution in [0.3, 0.4) is 0 Å². The molecular weight excluding hydrogens is 502 g/mol. The number of ketones is 1. The number of nitrogens with zero attached hydrogens (tertiary/aromatic N) is 1. The van der Waals surface area contributed by atoms with Crippen molar-refractivity contribution in [3.63, 3.8) is 0 Å². The van der Waals surface area contributed by atoms with E-state index in [1.165, 1.54) is 0 Å². The molecule has 0 amide bonds. The molecule has 4 aromatic carbocycles. The molecule has 4 rings (SSSR count). The summed E-state index contributed by atoms with van der Waals surface area (Å²) in [5.41, 5.74) is 3.00. The predicted octanol–water partition coefficient (Wildman–Crippen LogP) is 6.80. The van der Waals surface area contributed by atoms with Crippen molar-refractivity contribution in [3.05, 3.63) is 119 Å². The molecule has 0 aliphatic carbocycles. The van der Waals surface area contributed by atoms with Gasteiger partial charge in [0.25, 0.3) is 0 Å². The smallest absolute Gasteiger partial charge is 0.200 e. The highest BCUT2D eigenvalue weighted by Crippen LogP contribution is 2.36. The fraction of sp³-hybridized carbons (Fsp3) is 0.265.